The Morgan fingerprint density at radius 2 is 2.10 bits per heavy atom. The van der Waals surface area contributed by atoms with Crippen molar-refractivity contribution in [2.45, 2.75) is 52.2 Å². The van der Waals surface area contributed by atoms with Crippen LogP contribution in [0.15, 0.2) is 29.1 Å². The van der Waals surface area contributed by atoms with Crippen molar-refractivity contribution in [1.29, 1.82) is 0 Å². The van der Waals surface area contributed by atoms with Gasteiger partial charge in [-0.15, -0.1) is 0 Å². The fourth-order valence-electron chi connectivity index (χ4n) is 3.23. The standard InChI is InChI=1S/C17H23N3O/c1-3-20-16(12-19-11-7-6-8-13(19)2)18-15-10-5-4-9-14(15)17(20)21/h4-5,9-10,13H,3,6-8,11-12H2,1-2H3/t13-/m0/s1. The third kappa shape index (κ3) is 2.72. The lowest BCUT2D eigenvalue weighted by Crippen LogP contribution is -2.39. The molecule has 0 unspecified atom stereocenters. The van der Waals surface area contributed by atoms with Crippen LogP contribution in [-0.2, 0) is 13.1 Å². The molecule has 1 atom stereocenters. The number of fused-ring (bicyclic) bond motifs is 1. The zero-order chi connectivity index (χ0) is 14.8. The SMILES string of the molecule is CCn1c(CN2CCCC[C@@H]2C)nc2ccccc2c1=O. The maximum Gasteiger partial charge on any atom is 0.261 e. The summed E-state index contributed by atoms with van der Waals surface area (Å²) in [6, 6.07) is 8.22. The van der Waals surface area contributed by atoms with Crippen LogP contribution < -0.4 is 5.56 Å². The molecule has 0 N–H and O–H groups in total. The maximum absolute atomic E-state index is 12.6. The van der Waals surface area contributed by atoms with Crippen molar-refractivity contribution in [1.82, 2.24) is 14.5 Å². The number of hydrogen-bond donors (Lipinski definition) is 0. The van der Waals surface area contributed by atoms with E-state index < -0.39 is 0 Å². The smallest absolute Gasteiger partial charge is 0.261 e. The van der Waals surface area contributed by atoms with E-state index in [4.69, 9.17) is 4.98 Å². The van der Waals surface area contributed by atoms with E-state index in [-0.39, 0.29) is 5.56 Å². The average Bonchev–Trinajstić information content (AvgIpc) is 2.50. The van der Waals surface area contributed by atoms with Crippen LogP contribution in [-0.4, -0.2) is 27.0 Å². The monoisotopic (exact) mass is 285 g/mol. The van der Waals surface area contributed by atoms with Gasteiger partial charge in [0.15, 0.2) is 0 Å². The molecular weight excluding hydrogens is 262 g/mol. The fraction of sp³-hybridized carbons (Fsp3) is 0.529. The average molecular weight is 285 g/mol. The predicted octanol–water partition coefficient (Wildman–Crippen LogP) is 2.79. The molecule has 0 spiro atoms. The summed E-state index contributed by atoms with van der Waals surface area (Å²) < 4.78 is 1.82. The summed E-state index contributed by atoms with van der Waals surface area (Å²) in [5.41, 5.74) is 0.898. The van der Waals surface area contributed by atoms with Crippen molar-refractivity contribution < 1.29 is 0 Å². The van der Waals surface area contributed by atoms with Crippen LogP contribution in [0.25, 0.3) is 10.9 Å². The molecule has 1 fully saturated rings. The minimum absolute atomic E-state index is 0.0859. The molecule has 21 heavy (non-hydrogen) atoms. The number of hydrogen-bond acceptors (Lipinski definition) is 3. The summed E-state index contributed by atoms with van der Waals surface area (Å²) in [4.78, 5) is 19.8. The third-order valence-corrected chi connectivity index (χ3v) is 4.54. The van der Waals surface area contributed by atoms with Crippen molar-refractivity contribution in [3.05, 3.63) is 40.4 Å². The van der Waals surface area contributed by atoms with Gasteiger partial charge in [0.1, 0.15) is 5.82 Å². The van der Waals surface area contributed by atoms with Crippen molar-refractivity contribution in [3.8, 4) is 0 Å². The lowest BCUT2D eigenvalue weighted by molar-refractivity contribution is 0.146. The van der Waals surface area contributed by atoms with Crippen LogP contribution in [0, 0.1) is 0 Å². The van der Waals surface area contributed by atoms with Crippen LogP contribution >= 0.6 is 0 Å². The second-order valence-corrected chi connectivity index (χ2v) is 5.91. The number of likely N-dealkylation sites (tertiary alicyclic amines) is 1. The molecule has 0 aliphatic carbocycles. The van der Waals surface area contributed by atoms with E-state index in [2.05, 4.69) is 11.8 Å². The first kappa shape index (κ1) is 14.3. The second kappa shape index (κ2) is 5.98. The zero-order valence-electron chi connectivity index (χ0n) is 12.9. The number of aromatic nitrogens is 2. The number of rotatable bonds is 3. The van der Waals surface area contributed by atoms with E-state index in [1.807, 2.05) is 35.8 Å². The quantitative estimate of drug-likeness (QED) is 0.870. The molecule has 0 radical (unpaired) electrons. The summed E-state index contributed by atoms with van der Waals surface area (Å²) in [6.45, 7) is 6.84. The van der Waals surface area contributed by atoms with Gasteiger partial charge in [0.2, 0.25) is 0 Å². The Bertz CT molecular complexity index is 692. The van der Waals surface area contributed by atoms with Crippen LogP contribution in [0.4, 0.5) is 0 Å². The summed E-state index contributed by atoms with van der Waals surface area (Å²) in [5.74, 6) is 0.898. The third-order valence-electron chi connectivity index (χ3n) is 4.54. The Morgan fingerprint density at radius 1 is 1.29 bits per heavy atom. The van der Waals surface area contributed by atoms with Crippen molar-refractivity contribution in [2.24, 2.45) is 0 Å². The number of nitrogens with zero attached hydrogens (tertiary/aromatic N) is 3. The molecule has 1 aliphatic heterocycles. The normalized spacial score (nSPS) is 20.0. The molecule has 4 heteroatoms. The number of piperidine rings is 1. The Labute approximate surface area is 125 Å². The van der Waals surface area contributed by atoms with Crippen LogP contribution in [0.5, 0.6) is 0 Å². The molecule has 2 aromatic rings. The molecule has 1 aromatic heterocycles. The van der Waals surface area contributed by atoms with Gasteiger partial charge in [-0.05, 0) is 45.4 Å². The highest BCUT2D eigenvalue weighted by Crippen LogP contribution is 2.19. The van der Waals surface area contributed by atoms with Gasteiger partial charge < -0.3 is 0 Å². The molecular formula is C17H23N3O. The van der Waals surface area contributed by atoms with Gasteiger partial charge in [-0.2, -0.15) is 0 Å². The summed E-state index contributed by atoms with van der Waals surface area (Å²) in [7, 11) is 0. The van der Waals surface area contributed by atoms with Gasteiger partial charge in [-0.25, -0.2) is 4.98 Å². The van der Waals surface area contributed by atoms with Crippen LogP contribution in [0.3, 0.4) is 0 Å². The molecule has 1 aromatic carbocycles. The molecule has 1 saturated heterocycles. The molecule has 112 valence electrons. The van der Waals surface area contributed by atoms with Gasteiger partial charge in [0.25, 0.3) is 5.56 Å². The Morgan fingerprint density at radius 3 is 2.86 bits per heavy atom. The van der Waals surface area contributed by atoms with Crippen LogP contribution in [0.2, 0.25) is 0 Å². The Kier molecular flexibility index (Phi) is 4.06. The summed E-state index contributed by atoms with van der Waals surface area (Å²) >= 11 is 0. The van der Waals surface area contributed by atoms with Crippen molar-refractivity contribution in [2.75, 3.05) is 6.54 Å². The Hall–Kier alpha value is -1.68. The molecule has 0 bridgehead atoms. The zero-order valence-corrected chi connectivity index (χ0v) is 12.9. The van der Waals surface area contributed by atoms with Crippen molar-refractivity contribution >= 4 is 10.9 Å². The van der Waals surface area contributed by atoms with E-state index in [0.717, 1.165) is 29.8 Å². The largest absolute Gasteiger partial charge is 0.295 e. The number of para-hydroxylation sites is 1. The fourth-order valence-corrected chi connectivity index (χ4v) is 3.23. The lowest BCUT2D eigenvalue weighted by atomic mass is 10.0. The van der Waals surface area contributed by atoms with E-state index in [0.29, 0.717) is 12.6 Å². The first-order chi connectivity index (χ1) is 10.2. The van der Waals surface area contributed by atoms with E-state index in [1.165, 1.54) is 19.3 Å². The highest BCUT2D eigenvalue weighted by Gasteiger charge is 2.20. The minimum Gasteiger partial charge on any atom is -0.295 e. The topological polar surface area (TPSA) is 38.1 Å². The van der Waals surface area contributed by atoms with E-state index in [9.17, 15) is 4.79 Å². The molecule has 0 amide bonds. The van der Waals surface area contributed by atoms with E-state index in [1.54, 1.807) is 0 Å². The van der Waals surface area contributed by atoms with Gasteiger partial charge in [0.05, 0.1) is 17.4 Å². The van der Waals surface area contributed by atoms with Crippen molar-refractivity contribution in [3.63, 3.8) is 0 Å². The van der Waals surface area contributed by atoms with Gasteiger partial charge in [-0.1, -0.05) is 18.6 Å². The predicted molar refractivity (Wildman–Crippen MR) is 85.4 cm³/mol. The summed E-state index contributed by atoms with van der Waals surface area (Å²) in [5, 5.41) is 0.717. The van der Waals surface area contributed by atoms with Gasteiger partial charge >= 0.3 is 0 Å². The van der Waals surface area contributed by atoms with Gasteiger partial charge in [-0.3, -0.25) is 14.3 Å². The molecule has 0 saturated carbocycles. The minimum atomic E-state index is 0.0859. The second-order valence-electron chi connectivity index (χ2n) is 5.91. The van der Waals surface area contributed by atoms with Crippen LogP contribution in [0.1, 0.15) is 38.9 Å². The highest BCUT2D eigenvalue weighted by atomic mass is 16.1. The van der Waals surface area contributed by atoms with E-state index >= 15 is 0 Å². The molecule has 4 nitrogen and oxygen atoms in total. The molecule has 1 aliphatic rings. The Balaban J connectivity index is 2.02. The highest BCUT2D eigenvalue weighted by molar-refractivity contribution is 5.77. The maximum atomic E-state index is 12.6. The van der Waals surface area contributed by atoms with Gasteiger partial charge in [0, 0.05) is 12.6 Å². The molecule has 2 heterocycles. The first-order valence-electron chi connectivity index (χ1n) is 7.93. The lowest BCUT2D eigenvalue weighted by Gasteiger charge is -2.33. The molecule has 3 rings (SSSR count). The number of benzene rings is 1. The first-order valence-corrected chi connectivity index (χ1v) is 7.93. The summed E-state index contributed by atoms with van der Waals surface area (Å²) in [6.07, 6.45) is 3.79.